The lowest BCUT2D eigenvalue weighted by molar-refractivity contribution is 0.521. The Kier molecular flexibility index (Phi) is 3.12. The van der Waals surface area contributed by atoms with E-state index < -0.39 is 0 Å². The molecule has 1 nitrogen and oxygen atoms in total. The van der Waals surface area contributed by atoms with Crippen LogP contribution in [0.15, 0.2) is 23.4 Å². The molecular weight excluding hydrogens is 202 g/mol. The fourth-order valence-corrected chi connectivity index (χ4v) is 2.87. The van der Waals surface area contributed by atoms with Crippen molar-refractivity contribution in [1.82, 2.24) is 4.98 Å². The molecule has 3 heteroatoms. The summed E-state index contributed by atoms with van der Waals surface area (Å²) >= 11 is 7.71. The Morgan fingerprint density at radius 1 is 1.54 bits per heavy atom. The second kappa shape index (κ2) is 4.34. The van der Waals surface area contributed by atoms with Gasteiger partial charge in [-0.25, -0.2) is 4.98 Å². The van der Waals surface area contributed by atoms with Crippen molar-refractivity contribution in [2.45, 2.75) is 35.4 Å². The van der Waals surface area contributed by atoms with E-state index in [1.54, 1.807) is 0 Å². The van der Waals surface area contributed by atoms with Crippen molar-refractivity contribution in [2.24, 2.45) is 0 Å². The van der Waals surface area contributed by atoms with Gasteiger partial charge in [0, 0.05) is 11.4 Å². The Morgan fingerprint density at radius 3 is 3.00 bits per heavy atom. The molecule has 1 aliphatic rings. The molecule has 0 aliphatic heterocycles. The highest BCUT2D eigenvalue weighted by Crippen LogP contribution is 2.36. The van der Waals surface area contributed by atoms with Crippen LogP contribution in [0, 0.1) is 0 Å². The maximum absolute atomic E-state index is 5.82. The number of hydrogen-bond donors (Lipinski definition) is 0. The van der Waals surface area contributed by atoms with Crippen molar-refractivity contribution in [2.75, 3.05) is 0 Å². The fraction of sp³-hybridized carbons (Fsp3) is 0.500. The molecule has 13 heavy (non-hydrogen) atoms. The van der Waals surface area contributed by atoms with Gasteiger partial charge in [0.25, 0.3) is 0 Å². The molecule has 0 aromatic carbocycles. The van der Waals surface area contributed by atoms with Crippen LogP contribution in [0.3, 0.4) is 0 Å². The quantitative estimate of drug-likeness (QED) is 0.714. The first kappa shape index (κ1) is 9.35. The number of thioether (sulfide) groups is 1. The molecule has 0 saturated heterocycles. The van der Waals surface area contributed by atoms with Crippen LogP contribution in [0.4, 0.5) is 0 Å². The highest BCUT2D eigenvalue weighted by atomic mass is 35.5. The summed E-state index contributed by atoms with van der Waals surface area (Å²) in [5.74, 6) is 0.572. The number of rotatable bonds is 3. The van der Waals surface area contributed by atoms with E-state index in [0.717, 1.165) is 10.3 Å². The largest absolute Gasteiger partial charge is 0.250 e. The number of alkyl halides is 1. The Morgan fingerprint density at radius 2 is 2.38 bits per heavy atom. The van der Waals surface area contributed by atoms with Gasteiger partial charge in [-0.2, -0.15) is 0 Å². The monoisotopic (exact) mass is 213 g/mol. The van der Waals surface area contributed by atoms with Crippen molar-refractivity contribution < 1.29 is 0 Å². The number of aromatic nitrogens is 1. The van der Waals surface area contributed by atoms with Gasteiger partial charge < -0.3 is 0 Å². The van der Waals surface area contributed by atoms with Crippen molar-refractivity contribution in [3.63, 3.8) is 0 Å². The normalized spacial score (nSPS) is 17.0. The van der Waals surface area contributed by atoms with E-state index in [0.29, 0.717) is 5.88 Å². The minimum atomic E-state index is 0.572. The molecule has 1 aliphatic carbocycles. The van der Waals surface area contributed by atoms with Crippen LogP contribution in [0.25, 0.3) is 0 Å². The summed E-state index contributed by atoms with van der Waals surface area (Å²) in [4.78, 5) is 4.35. The molecule has 1 aromatic heterocycles. The minimum absolute atomic E-state index is 0.572. The molecule has 0 radical (unpaired) electrons. The number of pyridine rings is 1. The van der Waals surface area contributed by atoms with Gasteiger partial charge in [0.1, 0.15) is 5.03 Å². The first-order chi connectivity index (χ1) is 6.40. The SMILES string of the molecule is ClCc1cccnc1SC1CCC1. The molecule has 0 N–H and O–H groups in total. The molecule has 0 atom stereocenters. The summed E-state index contributed by atoms with van der Waals surface area (Å²) in [5, 5.41) is 1.92. The van der Waals surface area contributed by atoms with Gasteiger partial charge >= 0.3 is 0 Å². The fourth-order valence-electron chi connectivity index (χ4n) is 1.28. The predicted octanol–water partition coefficient (Wildman–Crippen LogP) is 3.47. The predicted molar refractivity (Wildman–Crippen MR) is 57.3 cm³/mol. The number of halogens is 1. The van der Waals surface area contributed by atoms with Crippen LogP contribution in [0.1, 0.15) is 24.8 Å². The third-order valence-corrected chi connectivity index (χ3v) is 4.01. The number of hydrogen-bond acceptors (Lipinski definition) is 2. The van der Waals surface area contributed by atoms with Gasteiger partial charge in [-0.15, -0.1) is 23.4 Å². The molecule has 0 unspecified atom stereocenters. The van der Waals surface area contributed by atoms with Crippen molar-refractivity contribution in [3.05, 3.63) is 23.9 Å². The molecule has 1 heterocycles. The molecule has 0 spiro atoms. The van der Waals surface area contributed by atoms with E-state index in [1.807, 2.05) is 24.0 Å². The zero-order valence-electron chi connectivity index (χ0n) is 7.37. The lowest BCUT2D eigenvalue weighted by Crippen LogP contribution is -2.13. The van der Waals surface area contributed by atoms with E-state index in [1.165, 1.54) is 24.8 Å². The lowest BCUT2D eigenvalue weighted by atomic mass is 10.0. The average molecular weight is 214 g/mol. The van der Waals surface area contributed by atoms with Crippen molar-refractivity contribution in [1.29, 1.82) is 0 Å². The Labute approximate surface area is 87.9 Å². The van der Waals surface area contributed by atoms with E-state index in [4.69, 9.17) is 11.6 Å². The highest BCUT2D eigenvalue weighted by molar-refractivity contribution is 8.00. The van der Waals surface area contributed by atoms with Crippen LogP contribution in [0.5, 0.6) is 0 Å². The third kappa shape index (κ3) is 2.18. The van der Waals surface area contributed by atoms with Crippen LogP contribution in [-0.4, -0.2) is 10.2 Å². The Balaban J connectivity index is 2.08. The first-order valence-electron chi connectivity index (χ1n) is 4.56. The van der Waals surface area contributed by atoms with E-state index in [2.05, 4.69) is 11.1 Å². The summed E-state index contributed by atoms with van der Waals surface area (Å²) in [7, 11) is 0. The summed E-state index contributed by atoms with van der Waals surface area (Å²) in [6.45, 7) is 0. The Bertz CT molecular complexity index is 286. The van der Waals surface area contributed by atoms with Gasteiger partial charge in [-0.1, -0.05) is 12.5 Å². The van der Waals surface area contributed by atoms with Crippen LogP contribution in [-0.2, 0) is 5.88 Å². The molecule has 0 amide bonds. The van der Waals surface area contributed by atoms with E-state index in [9.17, 15) is 0 Å². The molecule has 1 saturated carbocycles. The van der Waals surface area contributed by atoms with Crippen LogP contribution in [0.2, 0.25) is 0 Å². The smallest absolute Gasteiger partial charge is 0.101 e. The summed E-state index contributed by atoms with van der Waals surface area (Å²) in [5.41, 5.74) is 1.17. The van der Waals surface area contributed by atoms with Crippen molar-refractivity contribution in [3.8, 4) is 0 Å². The van der Waals surface area contributed by atoms with Crippen molar-refractivity contribution >= 4 is 23.4 Å². The first-order valence-corrected chi connectivity index (χ1v) is 5.98. The Hall–Kier alpha value is -0.210. The van der Waals surface area contributed by atoms with Gasteiger partial charge in [0.05, 0.1) is 5.88 Å². The topological polar surface area (TPSA) is 12.9 Å². The summed E-state index contributed by atoms with van der Waals surface area (Å²) in [6.07, 6.45) is 5.89. The maximum atomic E-state index is 5.82. The maximum Gasteiger partial charge on any atom is 0.101 e. The highest BCUT2D eigenvalue weighted by Gasteiger charge is 2.20. The zero-order valence-corrected chi connectivity index (χ0v) is 8.94. The third-order valence-electron chi connectivity index (χ3n) is 2.32. The van der Waals surface area contributed by atoms with Gasteiger partial charge in [-0.3, -0.25) is 0 Å². The van der Waals surface area contributed by atoms with Gasteiger partial charge in [-0.05, 0) is 24.5 Å². The summed E-state index contributed by atoms with van der Waals surface area (Å²) < 4.78 is 0. The standard InChI is InChI=1S/C10H12ClNS/c11-7-8-3-2-6-12-10(8)13-9-4-1-5-9/h2-3,6,9H,1,4-5,7H2. The second-order valence-electron chi connectivity index (χ2n) is 3.27. The summed E-state index contributed by atoms with van der Waals surface area (Å²) in [6, 6.07) is 4.00. The van der Waals surface area contributed by atoms with Crippen LogP contribution >= 0.6 is 23.4 Å². The molecular formula is C10H12ClNS. The van der Waals surface area contributed by atoms with E-state index in [-0.39, 0.29) is 0 Å². The second-order valence-corrected chi connectivity index (χ2v) is 4.83. The minimum Gasteiger partial charge on any atom is -0.250 e. The average Bonchev–Trinajstić information content (AvgIpc) is 2.12. The molecule has 1 aromatic rings. The molecule has 70 valence electrons. The molecule has 2 rings (SSSR count). The zero-order chi connectivity index (χ0) is 9.10. The van der Waals surface area contributed by atoms with Gasteiger partial charge in [0.2, 0.25) is 0 Å². The van der Waals surface area contributed by atoms with E-state index >= 15 is 0 Å². The number of nitrogens with zero attached hydrogens (tertiary/aromatic N) is 1. The van der Waals surface area contributed by atoms with Gasteiger partial charge in [0.15, 0.2) is 0 Å². The molecule has 0 bridgehead atoms. The van der Waals surface area contributed by atoms with Crippen LogP contribution < -0.4 is 0 Å². The lowest BCUT2D eigenvalue weighted by Gasteiger charge is -2.24. The molecule has 1 fully saturated rings.